The third-order valence-electron chi connectivity index (χ3n) is 3.24. The van der Waals surface area contributed by atoms with Crippen LogP contribution in [0.1, 0.15) is 5.56 Å². The molecule has 0 spiro atoms. The van der Waals surface area contributed by atoms with Gasteiger partial charge in [-0.2, -0.15) is 5.10 Å². The number of nitrogens with two attached hydrogens (primary N) is 1. The van der Waals surface area contributed by atoms with Gasteiger partial charge in [0.1, 0.15) is 11.5 Å². The van der Waals surface area contributed by atoms with E-state index in [9.17, 15) is 0 Å². The molecule has 2 aromatic heterocycles. The molecule has 0 radical (unpaired) electrons. The Morgan fingerprint density at radius 3 is 2.75 bits per heavy atom. The molecule has 0 aliphatic carbocycles. The Labute approximate surface area is 126 Å². The highest BCUT2D eigenvalue weighted by Gasteiger charge is 2.19. The van der Waals surface area contributed by atoms with E-state index in [0.717, 1.165) is 27.3 Å². The standard InChI is InChI=1S/C15H14ClN3S/c1-9-5-6-10(11(16)8-9)14-13(12-4-3-7-20-12)15(17)19(2)18-14/h3-8H,17H2,1-2H3. The van der Waals surface area contributed by atoms with E-state index in [-0.39, 0.29) is 0 Å². The van der Waals surface area contributed by atoms with Crippen molar-refractivity contribution in [1.82, 2.24) is 9.78 Å². The summed E-state index contributed by atoms with van der Waals surface area (Å²) in [6.07, 6.45) is 0. The number of nitrogens with zero attached hydrogens (tertiary/aromatic N) is 2. The molecule has 0 atom stereocenters. The molecule has 0 bridgehead atoms. The first-order valence-electron chi connectivity index (χ1n) is 6.21. The molecule has 2 heterocycles. The fraction of sp³-hybridized carbons (Fsp3) is 0.133. The molecular weight excluding hydrogens is 290 g/mol. The van der Waals surface area contributed by atoms with Gasteiger partial charge in [-0.15, -0.1) is 11.3 Å². The van der Waals surface area contributed by atoms with Gasteiger partial charge in [-0.1, -0.05) is 29.8 Å². The average molecular weight is 304 g/mol. The van der Waals surface area contributed by atoms with Crippen LogP contribution in [0.3, 0.4) is 0 Å². The second kappa shape index (κ2) is 4.96. The fourth-order valence-corrected chi connectivity index (χ4v) is 3.31. The van der Waals surface area contributed by atoms with Crippen molar-refractivity contribution < 1.29 is 0 Å². The Bertz CT molecular complexity index is 760. The van der Waals surface area contributed by atoms with Crippen LogP contribution in [-0.2, 0) is 7.05 Å². The van der Waals surface area contributed by atoms with Gasteiger partial charge in [0, 0.05) is 17.5 Å². The number of rotatable bonds is 2. The summed E-state index contributed by atoms with van der Waals surface area (Å²) >= 11 is 8.02. The molecule has 0 unspecified atom stereocenters. The van der Waals surface area contributed by atoms with Gasteiger partial charge in [-0.3, -0.25) is 4.68 Å². The molecular formula is C15H14ClN3S. The van der Waals surface area contributed by atoms with Gasteiger partial charge in [-0.25, -0.2) is 0 Å². The molecule has 0 fully saturated rings. The number of aryl methyl sites for hydroxylation is 2. The summed E-state index contributed by atoms with van der Waals surface area (Å²) in [6.45, 7) is 2.02. The smallest absolute Gasteiger partial charge is 0.130 e. The Morgan fingerprint density at radius 1 is 1.30 bits per heavy atom. The Morgan fingerprint density at radius 2 is 2.10 bits per heavy atom. The molecule has 102 valence electrons. The highest BCUT2D eigenvalue weighted by atomic mass is 35.5. The first kappa shape index (κ1) is 13.2. The number of thiophene rings is 1. The monoisotopic (exact) mass is 303 g/mol. The third-order valence-corrected chi connectivity index (χ3v) is 4.44. The predicted molar refractivity (Wildman–Crippen MR) is 86.1 cm³/mol. The number of aromatic nitrogens is 2. The molecule has 3 nitrogen and oxygen atoms in total. The van der Waals surface area contributed by atoms with Crippen LogP contribution < -0.4 is 5.73 Å². The van der Waals surface area contributed by atoms with Gasteiger partial charge in [-0.05, 0) is 30.0 Å². The van der Waals surface area contributed by atoms with E-state index in [0.29, 0.717) is 10.8 Å². The number of hydrogen-bond acceptors (Lipinski definition) is 3. The van der Waals surface area contributed by atoms with Gasteiger partial charge < -0.3 is 5.73 Å². The lowest BCUT2D eigenvalue weighted by Gasteiger charge is -2.05. The average Bonchev–Trinajstić information content (AvgIpc) is 2.99. The molecule has 3 aromatic rings. The van der Waals surface area contributed by atoms with Crippen LogP contribution in [0.25, 0.3) is 21.7 Å². The van der Waals surface area contributed by atoms with Gasteiger partial charge >= 0.3 is 0 Å². The van der Waals surface area contributed by atoms with Crippen molar-refractivity contribution in [2.75, 3.05) is 5.73 Å². The maximum absolute atomic E-state index is 6.37. The SMILES string of the molecule is Cc1ccc(-c2nn(C)c(N)c2-c2cccs2)c(Cl)c1. The molecule has 5 heteroatoms. The van der Waals surface area contributed by atoms with Crippen molar-refractivity contribution >= 4 is 28.8 Å². The van der Waals surface area contributed by atoms with Gasteiger partial charge in [0.25, 0.3) is 0 Å². The molecule has 0 aliphatic rings. The lowest BCUT2D eigenvalue weighted by atomic mass is 10.0. The Balaban J connectivity index is 2.27. The Kier molecular flexibility index (Phi) is 3.28. The van der Waals surface area contributed by atoms with E-state index >= 15 is 0 Å². The highest BCUT2D eigenvalue weighted by Crippen LogP contribution is 2.40. The molecule has 2 N–H and O–H groups in total. The van der Waals surface area contributed by atoms with E-state index in [4.69, 9.17) is 17.3 Å². The first-order chi connectivity index (χ1) is 9.58. The normalized spacial score (nSPS) is 10.9. The lowest BCUT2D eigenvalue weighted by molar-refractivity contribution is 0.782. The second-order valence-electron chi connectivity index (χ2n) is 4.69. The molecule has 0 saturated heterocycles. The molecule has 0 amide bonds. The van der Waals surface area contributed by atoms with E-state index < -0.39 is 0 Å². The quantitative estimate of drug-likeness (QED) is 0.764. The predicted octanol–water partition coefficient (Wildman–Crippen LogP) is 4.36. The minimum atomic E-state index is 0.652. The van der Waals surface area contributed by atoms with Crippen LogP contribution in [0.5, 0.6) is 0 Å². The van der Waals surface area contributed by atoms with E-state index in [2.05, 4.69) is 5.10 Å². The lowest BCUT2D eigenvalue weighted by Crippen LogP contribution is -1.97. The Hall–Kier alpha value is -1.78. The summed E-state index contributed by atoms with van der Waals surface area (Å²) in [5, 5.41) is 7.27. The summed E-state index contributed by atoms with van der Waals surface area (Å²) in [5.41, 5.74) is 9.99. The number of anilines is 1. The fourth-order valence-electron chi connectivity index (χ4n) is 2.20. The second-order valence-corrected chi connectivity index (χ2v) is 6.05. The summed E-state index contributed by atoms with van der Waals surface area (Å²) in [5.74, 6) is 0.652. The van der Waals surface area contributed by atoms with Crippen molar-refractivity contribution in [3.8, 4) is 21.7 Å². The summed E-state index contributed by atoms with van der Waals surface area (Å²) in [7, 11) is 1.85. The van der Waals surface area contributed by atoms with Crippen LogP contribution in [-0.4, -0.2) is 9.78 Å². The molecule has 3 rings (SSSR count). The van der Waals surface area contributed by atoms with Crippen LogP contribution in [0.15, 0.2) is 35.7 Å². The van der Waals surface area contributed by atoms with Crippen LogP contribution in [0.2, 0.25) is 5.02 Å². The maximum atomic E-state index is 6.37. The van der Waals surface area contributed by atoms with Gasteiger partial charge in [0.05, 0.1) is 10.6 Å². The number of halogens is 1. The van der Waals surface area contributed by atoms with Crippen molar-refractivity contribution in [2.24, 2.45) is 7.05 Å². The third kappa shape index (κ3) is 2.11. The van der Waals surface area contributed by atoms with Crippen molar-refractivity contribution in [1.29, 1.82) is 0 Å². The number of hydrogen-bond donors (Lipinski definition) is 1. The zero-order chi connectivity index (χ0) is 14.3. The topological polar surface area (TPSA) is 43.8 Å². The van der Waals surface area contributed by atoms with E-state index in [1.54, 1.807) is 16.0 Å². The first-order valence-corrected chi connectivity index (χ1v) is 7.46. The highest BCUT2D eigenvalue weighted by molar-refractivity contribution is 7.13. The van der Waals surface area contributed by atoms with Gasteiger partial charge in [0.15, 0.2) is 0 Å². The summed E-state index contributed by atoms with van der Waals surface area (Å²) in [6, 6.07) is 10.0. The molecule has 0 saturated carbocycles. The van der Waals surface area contributed by atoms with Crippen LogP contribution in [0, 0.1) is 6.92 Å². The minimum absolute atomic E-state index is 0.652. The van der Waals surface area contributed by atoms with Gasteiger partial charge in [0.2, 0.25) is 0 Å². The zero-order valence-corrected chi connectivity index (χ0v) is 12.8. The summed E-state index contributed by atoms with van der Waals surface area (Å²) in [4.78, 5) is 1.10. The van der Waals surface area contributed by atoms with Crippen LogP contribution in [0.4, 0.5) is 5.82 Å². The number of benzene rings is 1. The number of nitrogen functional groups attached to an aromatic ring is 1. The molecule has 0 aliphatic heterocycles. The minimum Gasteiger partial charge on any atom is -0.383 e. The van der Waals surface area contributed by atoms with Crippen LogP contribution >= 0.6 is 22.9 Å². The largest absolute Gasteiger partial charge is 0.383 e. The molecule has 20 heavy (non-hydrogen) atoms. The van der Waals surface area contributed by atoms with Crippen molar-refractivity contribution in [3.05, 3.63) is 46.3 Å². The summed E-state index contributed by atoms with van der Waals surface area (Å²) < 4.78 is 1.70. The zero-order valence-electron chi connectivity index (χ0n) is 11.2. The van der Waals surface area contributed by atoms with E-state index in [1.807, 2.05) is 49.7 Å². The van der Waals surface area contributed by atoms with Crippen molar-refractivity contribution in [3.63, 3.8) is 0 Å². The molecule has 1 aromatic carbocycles. The van der Waals surface area contributed by atoms with E-state index in [1.165, 1.54) is 0 Å². The maximum Gasteiger partial charge on any atom is 0.130 e. The van der Waals surface area contributed by atoms with Crippen molar-refractivity contribution in [2.45, 2.75) is 6.92 Å².